The zero-order chi connectivity index (χ0) is 21.0. The van der Waals surface area contributed by atoms with E-state index in [2.05, 4.69) is 26.0 Å². The highest BCUT2D eigenvalue weighted by Crippen LogP contribution is 2.26. The summed E-state index contributed by atoms with van der Waals surface area (Å²) in [6.07, 6.45) is 5.12. The number of hydrogen-bond donors (Lipinski definition) is 1. The number of nitrogens with one attached hydrogen (secondary N) is 1. The molecule has 7 heteroatoms. The zero-order valence-corrected chi connectivity index (χ0v) is 16.9. The molecule has 0 spiro atoms. The number of H-pyrrole nitrogens is 1. The SMILES string of the molecule is Cc1cc2cc(Oc3ncc4ccc(OCCOc5ccncc5)cc4n3)ccc2[nH]1. The van der Waals surface area contributed by atoms with Crippen molar-refractivity contribution < 1.29 is 14.2 Å². The van der Waals surface area contributed by atoms with E-state index in [1.165, 1.54) is 0 Å². The minimum Gasteiger partial charge on any atom is -0.490 e. The topological polar surface area (TPSA) is 82.2 Å². The molecule has 1 N–H and O–H groups in total. The largest absolute Gasteiger partial charge is 0.490 e. The number of rotatable bonds is 7. The molecule has 3 heterocycles. The number of pyridine rings is 1. The minimum atomic E-state index is 0.289. The fourth-order valence-corrected chi connectivity index (χ4v) is 3.30. The van der Waals surface area contributed by atoms with Crippen LogP contribution in [0.1, 0.15) is 5.69 Å². The summed E-state index contributed by atoms with van der Waals surface area (Å²) in [5.41, 5.74) is 2.92. The molecule has 154 valence electrons. The van der Waals surface area contributed by atoms with Gasteiger partial charge in [-0.3, -0.25) is 4.98 Å². The summed E-state index contributed by atoms with van der Waals surface area (Å²) in [6, 6.07) is 17.5. The average molecular weight is 412 g/mol. The number of aromatic nitrogens is 4. The number of benzene rings is 2. The van der Waals surface area contributed by atoms with Gasteiger partial charge in [-0.05, 0) is 55.5 Å². The summed E-state index contributed by atoms with van der Waals surface area (Å²) >= 11 is 0. The smallest absolute Gasteiger partial charge is 0.322 e. The van der Waals surface area contributed by atoms with E-state index in [9.17, 15) is 0 Å². The van der Waals surface area contributed by atoms with Gasteiger partial charge in [-0.2, -0.15) is 4.98 Å². The van der Waals surface area contributed by atoms with E-state index in [4.69, 9.17) is 14.2 Å². The van der Waals surface area contributed by atoms with Crippen molar-refractivity contribution in [3.63, 3.8) is 0 Å². The number of aromatic amines is 1. The third-order valence-corrected chi connectivity index (χ3v) is 4.74. The second kappa shape index (κ2) is 8.31. The Morgan fingerprint density at radius 3 is 2.48 bits per heavy atom. The summed E-state index contributed by atoms with van der Waals surface area (Å²) in [5.74, 6) is 2.16. The van der Waals surface area contributed by atoms with Gasteiger partial charge in [0.2, 0.25) is 0 Å². The van der Waals surface area contributed by atoms with E-state index < -0.39 is 0 Å². The van der Waals surface area contributed by atoms with E-state index in [-0.39, 0.29) is 6.01 Å². The average Bonchev–Trinajstić information content (AvgIpc) is 3.16. The van der Waals surface area contributed by atoms with Crippen molar-refractivity contribution in [2.45, 2.75) is 6.92 Å². The molecule has 0 bridgehead atoms. The van der Waals surface area contributed by atoms with Gasteiger partial charge < -0.3 is 19.2 Å². The van der Waals surface area contributed by atoms with Gasteiger partial charge in [0.15, 0.2) is 0 Å². The maximum Gasteiger partial charge on any atom is 0.322 e. The summed E-state index contributed by atoms with van der Waals surface area (Å²) in [6.45, 7) is 2.87. The lowest BCUT2D eigenvalue weighted by molar-refractivity contribution is 0.217. The lowest BCUT2D eigenvalue weighted by Crippen LogP contribution is -2.09. The fraction of sp³-hybridized carbons (Fsp3) is 0.125. The van der Waals surface area contributed by atoms with Crippen LogP contribution in [0.5, 0.6) is 23.3 Å². The standard InChI is InChI=1S/C24H20N4O3/c1-16-12-18-13-21(4-5-22(18)27-16)31-24-26-15-17-2-3-20(14-23(17)28-24)30-11-10-29-19-6-8-25-9-7-19/h2-9,12-15,27H,10-11H2,1H3. The first-order chi connectivity index (χ1) is 15.2. The fourth-order valence-electron chi connectivity index (χ4n) is 3.30. The Morgan fingerprint density at radius 2 is 1.61 bits per heavy atom. The molecule has 0 radical (unpaired) electrons. The van der Waals surface area contributed by atoms with Gasteiger partial charge in [0.1, 0.15) is 30.5 Å². The Balaban J connectivity index is 1.26. The van der Waals surface area contributed by atoms with Gasteiger partial charge in [0.05, 0.1) is 5.52 Å². The molecule has 7 nitrogen and oxygen atoms in total. The molecule has 31 heavy (non-hydrogen) atoms. The molecule has 0 fully saturated rings. The first-order valence-corrected chi connectivity index (χ1v) is 9.93. The molecule has 0 saturated carbocycles. The van der Waals surface area contributed by atoms with E-state index in [0.29, 0.717) is 24.7 Å². The third kappa shape index (κ3) is 4.40. The van der Waals surface area contributed by atoms with Crippen LogP contribution in [0, 0.1) is 6.92 Å². The van der Waals surface area contributed by atoms with Gasteiger partial charge >= 0.3 is 6.01 Å². The van der Waals surface area contributed by atoms with E-state index in [0.717, 1.165) is 33.2 Å². The first-order valence-electron chi connectivity index (χ1n) is 9.93. The summed E-state index contributed by atoms with van der Waals surface area (Å²) in [7, 11) is 0. The zero-order valence-electron chi connectivity index (χ0n) is 16.9. The second-order valence-electron chi connectivity index (χ2n) is 7.06. The molecule has 0 aliphatic heterocycles. The normalized spacial score (nSPS) is 11.0. The lowest BCUT2D eigenvalue weighted by Gasteiger charge is -2.09. The van der Waals surface area contributed by atoms with Crippen LogP contribution in [-0.4, -0.2) is 33.1 Å². The van der Waals surface area contributed by atoms with Gasteiger partial charge in [-0.15, -0.1) is 0 Å². The van der Waals surface area contributed by atoms with Crippen LogP contribution in [0.4, 0.5) is 0 Å². The monoisotopic (exact) mass is 412 g/mol. The molecule has 2 aromatic carbocycles. The number of aryl methyl sites for hydroxylation is 1. The maximum atomic E-state index is 5.89. The van der Waals surface area contributed by atoms with Crippen LogP contribution in [0.2, 0.25) is 0 Å². The molecule has 5 aromatic rings. The van der Waals surface area contributed by atoms with Crippen LogP contribution in [0.3, 0.4) is 0 Å². The van der Waals surface area contributed by atoms with Crippen molar-refractivity contribution in [1.82, 2.24) is 19.9 Å². The van der Waals surface area contributed by atoms with Crippen LogP contribution in [0.25, 0.3) is 21.8 Å². The Labute approximate surface area is 178 Å². The number of ether oxygens (including phenoxy) is 3. The number of hydrogen-bond acceptors (Lipinski definition) is 6. The predicted octanol–water partition coefficient (Wildman–Crippen LogP) is 5.06. The Hall–Kier alpha value is -4.13. The summed E-state index contributed by atoms with van der Waals surface area (Å²) in [5, 5.41) is 1.99. The molecule has 0 unspecified atom stereocenters. The van der Waals surface area contributed by atoms with Crippen molar-refractivity contribution in [3.05, 3.63) is 78.9 Å². The van der Waals surface area contributed by atoms with E-state index in [1.54, 1.807) is 18.6 Å². The number of nitrogens with zero attached hydrogens (tertiary/aromatic N) is 3. The van der Waals surface area contributed by atoms with Crippen molar-refractivity contribution in [2.24, 2.45) is 0 Å². The molecule has 0 aliphatic rings. The van der Waals surface area contributed by atoms with E-state index >= 15 is 0 Å². The molecular formula is C24H20N4O3. The highest BCUT2D eigenvalue weighted by molar-refractivity contribution is 5.82. The van der Waals surface area contributed by atoms with E-state index in [1.807, 2.05) is 55.5 Å². The van der Waals surface area contributed by atoms with Gasteiger partial charge in [-0.25, -0.2) is 4.98 Å². The molecule has 3 aromatic heterocycles. The molecule has 0 saturated heterocycles. The minimum absolute atomic E-state index is 0.289. The van der Waals surface area contributed by atoms with Crippen LogP contribution in [0.15, 0.2) is 73.2 Å². The quantitative estimate of drug-likeness (QED) is 0.376. The van der Waals surface area contributed by atoms with Crippen LogP contribution >= 0.6 is 0 Å². The second-order valence-corrected chi connectivity index (χ2v) is 7.06. The van der Waals surface area contributed by atoms with Gasteiger partial charge in [-0.1, -0.05) is 0 Å². The molecule has 0 amide bonds. The number of fused-ring (bicyclic) bond motifs is 2. The molecular weight excluding hydrogens is 392 g/mol. The maximum absolute atomic E-state index is 5.89. The molecule has 0 aliphatic carbocycles. The molecule has 0 atom stereocenters. The predicted molar refractivity (Wildman–Crippen MR) is 118 cm³/mol. The highest BCUT2D eigenvalue weighted by atomic mass is 16.5. The van der Waals surface area contributed by atoms with Crippen LogP contribution in [-0.2, 0) is 0 Å². The Morgan fingerprint density at radius 1 is 0.806 bits per heavy atom. The van der Waals surface area contributed by atoms with Gasteiger partial charge in [0.25, 0.3) is 0 Å². The summed E-state index contributed by atoms with van der Waals surface area (Å²) < 4.78 is 17.3. The van der Waals surface area contributed by atoms with Crippen molar-refractivity contribution in [1.29, 1.82) is 0 Å². The highest BCUT2D eigenvalue weighted by Gasteiger charge is 2.06. The van der Waals surface area contributed by atoms with Crippen molar-refractivity contribution >= 4 is 21.8 Å². The first kappa shape index (κ1) is 18.9. The van der Waals surface area contributed by atoms with Crippen molar-refractivity contribution in [3.8, 4) is 23.3 Å². The molecule has 5 rings (SSSR count). The lowest BCUT2D eigenvalue weighted by atomic mass is 10.2. The Bertz CT molecular complexity index is 1340. The van der Waals surface area contributed by atoms with Crippen molar-refractivity contribution in [2.75, 3.05) is 13.2 Å². The Kier molecular flexibility index (Phi) is 5.06. The van der Waals surface area contributed by atoms with Gasteiger partial charge in [0, 0.05) is 46.6 Å². The third-order valence-electron chi connectivity index (χ3n) is 4.74. The summed E-state index contributed by atoms with van der Waals surface area (Å²) in [4.78, 5) is 16.1. The van der Waals surface area contributed by atoms with Crippen LogP contribution < -0.4 is 14.2 Å².